The van der Waals surface area contributed by atoms with Crippen LogP contribution in [0.4, 0.5) is 5.69 Å². The number of anilines is 1. The van der Waals surface area contributed by atoms with Gasteiger partial charge in [-0.25, -0.2) is 0 Å². The highest BCUT2D eigenvalue weighted by atomic mass is 35.5. The molecule has 0 aliphatic rings. The Kier molecular flexibility index (Phi) is 10.3. The highest BCUT2D eigenvalue weighted by molar-refractivity contribution is 5.85. The van der Waals surface area contributed by atoms with Crippen LogP contribution in [0.3, 0.4) is 0 Å². The molecule has 0 aromatic heterocycles. The third-order valence-corrected chi connectivity index (χ3v) is 2.66. The highest BCUT2D eigenvalue weighted by Crippen LogP contribution is 2.22. The van der Waals surface area contributed by atoms with Gasteiger partial charge in [0.2, 0.25) is 0 Å². The minimum absolute atomic E-state index is 0. The summed E-state index contributed by atoms with van der Waals surface area (Å²) in [6.45, 7) is 7.05. The van der Waals surface area contributed by atoms with Crippen molar-refractivity contribution in [3.05, 3.63) is 23.8 Å². The van der Waals surface area contributed by atoms with Crippen LogP contribution in [0, 0.1) is 0 Å². The van der Waals surface area contributed by atoms with Crippen LogP contribution in [-0.4, -0.2) is 30.1 Å². The van der Waals surface area contributed by atoms with Gasteiger partial charge in [-0.05, 0) is 31.3 Å². The highest BCUT2D eigenvalue weighted by Gasteiger charge is 2.06. The second kappa shape index (κ2) is 9.40. The van der Waals surface area contributed by atoms with E-state index in [-0.39, 0.29) is 24.8 Å². The molecule has 3 nitrogen and oxygen atoms in total. The Bertz CT molecular complexity index is 317. The molecule has 5 heteroatoms. The van der Waals surface area contributed by atoms with Gasteiger partial charge in [0.25, 0.3) is 0 Å². The number of rotatable bonds is 5. The van der Waals surface area contributed by atoms with Crippen molar-refractivity contribution in [2.24, 2.45) is 0 Å². The zero-order valence-corrected chi connectivity index (χ0v) is 12.2. The molecule has 1 aromatic carbocycles. The van der Waals surface area contributed by atoms with Gasteiger partial charge in [0, 0.05) is 24.8 Å². The maximum Gasteiger partial charge on any atom is 0.120 e. The number of phenolic OH excluding ortho intramolecular Hbond substituents is 1. The van der Waals surface area contributed by atoms with Gasteiger partial charge in [0.05, 0.1) is 0 Å². The van der Waals surface area contributed by atoms with Crippen LogP contribution >= 0.6 is 24.8 Å². The lowest BCUT2D eigenvalue weighted by Crippen LogP contribution is -2.22. The van der Waals surface area contributed by atoms with Crippen LogP contribution in [0.25, 0.3) is 0 Å². The lowest BCUT2D eigenvalue weighted by molar-refractivity contribution is 0.291. The molecule has 1 aromatic rings. The maximum absolute atomic E-state index is 9.72. The van der Waals surface area contributed by atoms with Crippen LogP contribution in [-0.2, 0) is 6.54 Å². The fraction of sp³-hybridized carbons (Fsp3) is 0.500. The number of aromatic hydroxyl groups is 1. The van der Waals surface area contributed by atoms with Gasteiger partial charge in [-0.1, -0.05) is 13.8 Å². The van der Waals surface area contributed by atoms with Crippen molar-refractivity contribution < 1.29 is 5.11 Å². The van der Waals surface area contributed by atoms with E-state index in [1.54, 1.807) is 6.07 Å². The average Bonchev–Trinajstić information content (AvgIpc) is 2.28. The summed E-state index contributed by atoms with van der Waals surface area (Å²) in [5.74, 6) is 0.376. The minimum atomic E-state index is 0. The Labute approximate surface area is 116 Å². The summed E-state index contributed by atoms with van der Waals surface area (Å²) in [6, 6.07) is 5.61. The lowest BCUT2D eigenvalue weighted by atomic mass is 10.1. The summed E-state index contributed by atoms with van der Waals surface area (Å²) < 4.78 is 0. The summed E-state index contributed by atoms with van der Waals surface area (Å²) in [5, 5.41) is 12.8. The van der Waals surface area contributed by atoms with Gasteiger partial charge in [-0.2, -0.15) is 0 Å². The zero-order valence-electron chi connectivity index (χ0n) is 10.6. The summed E-state index contributed by atoms with van der Waals surface area (Å²) in [6.07, 6.45) is 0. The van der Waals surface area contributed by atoms with E-state index in [0.29, 0.717) is 5.75 Å². The molecule has 0 fully saturated rings. The topological polar surface area (TPSA) is 35.5 Å². The van der Waals surface area contributed by atoms with Crippen LogP contribution in [0.1, 0.15) is 19.4 Å². The van der Waals surface area contributed by atoms with E-state index in [1.165, 1.54) is 0 Å². The van der Waals surface area contributed by atoms with Gasteiger partial charge >= 0.3 is 0 Å². The Morgan fingerprint density at radius 1 is 1.18 bits per heavy atom. The van der Waals surface area contributed by atoms with E-state index < -0.39 is 0 Å². The number of halogens is 2. The van der Waals surface area contributed by atoms with Crippen LogP contribution < -0.4 is 5.32 Å². The maximum atomic E-state index is 9.72. The third kappa shape index (κ3) is 5.48. The molecule has 0 spiro atoms. The van der Waals surface area contributed by atoms with Crippen molar-refractivity contribution in [3.63, 3.8) is 0 Å². The molecular formula is C12H22Cl2N2O. The molecule has 0 unspecified atom stereocenters. The molecule has 0 bridgehead atoms. The molecule has 0 aliphatic carbocycles. The van der Waals surface area contributed by atoms with E-state index >= 15 is 0 Å². The number of phenols is 1. The number of hydrogen-bond donors (Lipinski definition) is 2. The van der Waals surface area contributed by atoms with Crippen LogP contribution in [0.15, 0.2) is 18.2 Å². The Hall–Kier alpha value is -0.640. The number of nitrogens with one attached hydrogen (secondary N) is 1. The first kappa shape index (κ1) is 18.7. The standard InChI is InChI=1S/C12H20N2O.2ClH/c1-4-14(5-2)9-10-8-11(13-3)6-7-12(10)15;;/h6-8,13,15H,4-5,9H2,1-3H3;2*1H. The van der Waals surface area contributed by atoms with E-state index in [2.05, 4.69) is 24.1 Å². The Balaban J connectivity index is 0. The van der Waals surface area contributed by atoms with Gasteiger partial charge in [-0.15, -0.1) is 24.8 Å². The normalized spacial score (nSPS) is 9.41. The molecule has 0 amide bonds. The van der Waals surface area contributed by atoms with Crippen LogP contribution in [0.5, 0.6) is 5.75 Å². The fourth-order valence-corrected chi connectivity index (χ4v) is 1.56. The second-order valence-corrected chi connectivity index (χ2v) is 3.55. The van der Waals surface area contributed by atoms with Crippen molar-refractivity contribution in [2.45, 2.75) is 20.4 Å². The van der Waals surface area contributed by atoms with Gasteiger partial charge in [0.1, 0.15) is 5.75 Å². The quantitative estimate of drug-likeness (QED) is 0.814. The van der Waals surface area contributed by atoms with Crippen molar-refractivity contribution in [2.75, 3.05) is 25.5 Å². The smallest absolute Gasteiger partial charge is 0.120 e. The molecule has 17 heavy (non-hydrogen) atoms. The molecule has 0 atom stereocenters. The first-order valence-electron chi connectivity index (χ1n) is 5.43. The molecule has 1 rings (SSSR count). The molecule has 0 radical (unpaired) electrons. The van der Waals surface area contributed by atoms with Crippen molar-refractivity contribution in [1.82, 2.24) is 4.90 Å². The molecule has 0 saturated carbocycles. The van der Waals surface area contributed by atoms with Crippen LogP contribution in [0.2, 0.25) is 0 Å². The predicted molar refractivity (Wildman–Crippen MR) is 78.8 cm³/mol. The minimum Gasteiger partial charge on any atom is -0.508 e. The summed E-state index contributed by atoms with van der Waals surface area (Å²) in [7, 11) is 1.88. The molecule has 0 heterocycles. The molecule has 2 N–H and O–H groups in total. The van der Waals surface area contributed by atoms with E-state index in [1.807, 2.05) is 19.2 Å². The van der Waals surface area contributed by atoms with E-state index in [4.69, 9.17) is 0 Å². The third-order valence-electron chi connectivity index (χ3n) is 2.66. The van der Waals surface area contributed by atoms with Crippen molar-refractivity contribution >= 4 is 30.5 Å². The van der Waals surface area contributed by atoms with E-state index in [9.17, 15) is 5.11 Å². The molecular weight excluding hydrogens is 259 g/mol. The summed E-state index contributed by atoms with van der Waals surface area (Å²) in [5.41, 5.74) is 2.01. The average molecular weight is 281 g/mol. The van der Waals surface area contributed by atoms with Gasteiger partial charge < -0.3 is 10.4 Å². The first-order chi connectivity index (χ1) is 7.21. The number of benzene rings is 1. The lowest BCUT2D eigenvalue weighted by Gasteiger charge is -2.19. The van der Waals surface area contributed by atoms with E-state index in [0.717, 1.165) is 30.9 Å². The largest absolute Gasteiger partial charge is 0.508 e. The Morgan fingerprint density at radius 3 is 2.24 bits per heavy atom. The fourth-order valence-electron chi connectivity index (χ4n) is 1.56. The number of nitrogens with zero attached hydrogens (tertiary/aromatic N) is 1. The van der Waals surface area contributed by atoms with Gasteiger partial charge in [0.15, 0.2) is 0 Å². The second-order valence-electron chi connectivity index (χ2n) is 3.55. The monoisotopic (exact) mass is 280 g/mol. The molecule has 100 valence electrons. The first-order valence-corrected chi connectivity index (χ1v) is 5.43. The SMILES string of the molecule is CCN(CC)Cc1cc(NC)ccc1O.Cl.Cl. The zero-order chi connectivity index (χ0) is 11.3. The predicted octanol–water partition coefficient (Wildman–Crippen LogP) is 3.12. The summed E-state index contributed by atoms with van der Waals surface area (Å²) >= 11 is 0. The Morgan fingerprint density at radius 2 is 1.76 bits per heavy atom. The van der Waals surface area contributed by atoms with Crippen molar-refractivity contribution in [3.8, 4) is 5.75 Å². The van der Waals surface area contributed by atoms with Crippen molar-refractivity contribution in [1.29, 1.82) is 0 Å². The number of hydrogen-bond acceptors (Lipinski definition) is 3. The molecule has 0 aliphatic heterocycles. The summed E-state index contributed by atoms with van der Waals surface area (Å²) in [4.78, 5) is 2.27. The molecule has 0 saturated heterocycles. The van der Waals surface area contributed by atoms with Gasteiger partial charge in [-0.3, -0.25) is 4.90 Å².